The van der Waals surface area contributed by atoms with E-state index in [4.69, 9.17) is 11.6 Å². The van der Waals surface area contributed by atoms with Gasteiger partial charge in [-0.05, 0) is 44.1 Å². The van der Waals surface area contributed by atoms with Gasteiger partial charge in [0, 0.05) is 12.6 Å². The lowest BCUT2D eigenvalue weighted by molar-refractivity contribution is 0.262. The van der Waals surface area contributed by atoms with E-state index in [1.165, 1.54) is 19.3 Å². The molecule has 2 rings (SSSR count). The van der Waals surface area contributed by atoms with E-state index in [1.54, 1.807) is 22.6 Å². The molecule has 0 amide bonds. The van der Waals surface area contributed by atoms with Gasteiger partial charge in [-0.25, -0.2) is 4.68 Å². The Morgan fingerprint density at radius 2 is 2.35 bits per heavy atom. The van der Waals surface area contributed by atoms with Gasteiger partial charge in [0.05, 0.1) is 11.2 Å². The topological polar surface area (TPSA) is 46.9 Å². The molecular formula is C14H22ClN3OS. The summed E-state index contributed by atoms with van der Waals surface area (Å²) in [6.45, 7) is 2.78. The summed E-state index contributed by atoms with van der Waals surface area (Å²) < 4.78 is 1.55. The molecule has 1 atom stereocenters. The summed E-state index contributed by atoms with van der Waals surface area (Å²) in [5, 5.41) is 7.81. The van der Waals surface area contributed by atoms with E-state index in [2.05, 4.69) is 23.6 Å². The number of hydrogen-bond donors (Lipinski definition) is 1. The highest BCUT2D eigenvalue weighted by molar-refractivity contribution is 7.98. The van der Waals surface area contributed by atoms with Crippen LogP contribution in [0.15, 0.2) is 11.0 Å². The number of halogens is 1. The lowest BCUT2D eigenvalue weighted by Crippen LogP contribution is -2.32. The van der Waals surface area contributed by atoms with Crippen molar-refractivity contribution in [3.05, 3.63) is 21.6 Å². The monoisotopic (exact) mass is 315 g/mol. The average Bonchev–Trinajstić information content (AvgIpc) is 2.38. The first-order valence-corrected chi connectivity index (χ1v) is 8.90. The summed E-state index contributed by atoms with van der Waals surface area (Å²) in [6.07, 6.45) is 8.32. The SMILES string of the molecule is CSCCC(C)Nc1c(Cl)cnn(CC2CCC2)c1=O. The number of hydrogen-bond acceptors (Lipinski definition) is 4. The molecule has 1 aromatic rings. The molecule has 1 aliphatic carbocycles. The fraction of sp³-hybridized carbons (Fsp3) is 0.714. The van der Waals surface area contributed by atoms with E-state index in [0.29, 0.717) is 23.2 Å². The first-order chi connectivity index (χ1) is 9.61. The second-order valence-electron chi connectivity index (χ2n) is 5.48. The molecule has 20 heavy (non-hydrogen) atoms. The molecule has 1 heterocycles. The molecule has 0 spiro atoms. The number of nitrogens with zero attached hydrogens (tertiary/aromatic N) is 2. The van der Waals surface area contributed by atoms with Crippen LogP contribution in [0.2, 0.25) is 5.02 Å². The second kappa shape index (κ2) is 7.36. The molecule has 1 N–H and O–H groups in total. The van der Waals surface area contributed by atoms with Crippen molar-refractivity contribution < 1.29 is 0 Å². The van der Waals surface area contributed by atoms with E-state index < -0.39 is 0 Å². The lowest BCUT2D eigenvalue weighted by Gasteiger charge is -2.25. The molecule has 1 unspecified atom stereocenters. The summed E-state index contributed by atoms with van der Waals surface area (Å²) in [5.41, 5.74) is 0.398. The first-order valence-electron chi connectivity index (χ1n) is 7.13. The van der Waals surface area contributed by atoms with Gasteiger partial charge in [0.15, 0.2) is 0 Å². The molecule has 1 fully saturated rings. The number of aromatic nitrogens is 2. The normalized spacial score (nSPS) is 16.8. The van der Waals surface area contributed by atoms with Crippen LogP contribution in [0, 0.1) is 5.92 Å². The third-order valence-electron chi connectivity index (χ3n) is 3.80. The van der Waals surface area contributed by atoms with Crippen molar-refractivity contribution in [2.75, 3.05) is 17.3 Å². The summed E-state index contributed by atoms with van der Waals surface area (Å²) in [5.74, 6) is 1.66. The minimum absolute atomic E-state index is 0.0969. The van der Waals surface area contributed by atoms with Crippen molar-refractivity contribution in [2.45, 2.75) is 45.2 Å². The van der Waals surface area contributed by atoms with Gasteiger partial charge in [0.1, 0.15) is 5.69 Å². The maximum absolute atomic E-state index is 12.4. The van der Waals surface area contributed by atoms with Crippen LogP contribution in [0.3, 0.4) is 0 Å². The van der Waals surface area contributed by atoms with E-state index in [1.807, 2.05) is 0 Å². The minimum atomic E-state index is -0.0969. The predicted molar refractivity (Wildman–Crippen MR) is 86.9 cm³/mol. The Hall–Kier alpha value is -0.680. The van der Waals surface area contributed by atoms with Crippen LogP contribution in [0.4, 0.5) is 5.69 Å². The smallest absolute Gasteiger partial charge is 0.291 e. The minimum Gasteiger partial charge on any atom is -0.377 e. The van der Waals surface area contributed by atoms with Crippen LogP contribution in [-0.4, -0.2) is 27.8 Å². The molecule has 0 aromatic carbocycles. The van der Waals surface area contributed by atoms with Crippen molar-refractivity contribution in [1.82, 2.24) is 9.78 Å². The summed E-state index contributed by atoms with van der Waals surface area (Å²) in [7, 11) is 0. The number of thioether (sulfide) groups is 1. The molecule has 112 valence electrons. The van der Waals surface area contributed by atoms with Crippen molar-refractivity contribution in [2.24, 2.45) is 5.92 Å². The third kappa shape index (κ3) is 3.92. The van der Waals surface area contributed by atoms with Crippen LogP contribution >= 0.6 is 23.4 Å². The molecule has 6 heteroatoms. The fourth-order valence-electron chi connectivity index (χ4n) is 2.26. The predicted octanol–water partition coefficient (Wildman–Crippen LogP) is 3.25. The Labute approximate surface area is 129 Å². The Morgan fingerprint density at radius 1 is 1.60 bits per heavy atom. The zero-order valence-electron chi connectivity index (χ0n) is 12.1. The number of nitrogens with one attached hydrogen (secondary N) is 1. The van der Waals surface area contributed by atoms with Crippen molar-refractivity contribution >= 4 is 29.1 Å². The van der Waals surface area contributed by atoms with Crippen LogP contribution in [0.5, 0.6) is 0 Å². The van der Waals surface area contributed by atoms with E-state index in [9.17, 15) is 4.79 Å². The van der Waals surface area contributed by atoms with Crippen LogP contribution < -0.4 is 10.9 Å². The molecule has 1 aromatic heterocycles. The second-order valence-corrected chi connectivity index (χ2v) is 6.87. The molecule has 0 bridgehead atoms. The summed E-state index contributed by atoms with van der Waals surface area (Å²) in [6, 6.07) is 0.229. The number of anilines is 1. The zero-order chi connectivity index (χ0) is 14.5. The maximum atomic E-state index is 12.4. The largest absolute Gasteiger partial charge is 0.377 e. The van der Waals surface area contributed by atoms with Gasteiger partial charge in [0.25, 0.3) is 5.56 Å². The molecule has 4 nitrogen and oxygen atoms in total. The fourth-order valence-corrected chi connectivity index (χ4v) is 3.03. The van der Waals surface area contributed by atoms with E-state index in [-0.39, 0.29) is 11.6 Å². The van der Waals surface area contributed by atoms with Gasteiger partial charge in [0.2, 0.25) is 0 Å². The average molecular weight is 316 g/mol. The maximum Gasteiger partial charge on any atom is 0.291 e. The molecule has 1 saturated carbocycles. The Balaban J connectivity index is 2.09. The molecular weight excluding hydrogens is 294 g/mol. The van der Waals surface area contributed by atoms with Gasteiger partial charge >= 0.3 is 0 Å². The number of rotatable bonds is 7. The molecule has 0 aliphatic heterocycles. The Bertz CT molecular complexity index is 502. The van der Waals surface area contributed by atoms with Gasteiger partial charge in [-0.3, -0.25) is 4.79 Å². The summed E-state index contributed by atoms with van der Waals surface area (Å²) in [4.78, 5) is 12.4. The third-order valence-corrected chi connectivity index (χ3v) is 4.73. The van der Waals surface area contributed by atoms with Crippen LogP contribution in [-0.2, 0) is 6.54 Å². The highest BCUT2D eigenvalue weighted by Crippen LogP contribution is 2.27. The van der Waals surface area contributed by atoms with Gasteiger partial charge < -0.3 is 5.32 Å². The van der Waals surface area contributed by atoms with Crippen molar-refractivity contribution in [1.29, 1.82) is 0 Å². The standard InChI is InChI=1S/C14H22ClN3OS/c1-10(6-7-20-2)17-13-12(15)8-16-18(14(13)19)9-11-4-3-5-11/h8,10-11,17H,3-7,9H2,1-2H3. The van der Waals surface area contributed by atoms with E-state index >= 15 is 0 Å². The van der Waals surface area contributed by atoms with Gasteiger partial charge in [-0.1, -0.05) is 18.0 Å². The van der Waals surface area contributed by atoms with Crippen molar-refractivity contribution in [3.8, 4) is 0 Å². The Morgan fingerprint density at radius 3 is 2.95 bits per heavy atom. The highest BCUT2D eigenvalue weighted by atomic mass is 35.5. The Kier molecular flexibility index (Phi) is 5.78. The molecule has 1 aliphatic rings. The first kappa shape index (κ1) is 15.7. The van der Waals surface area contributed by atoms with E-state index in [0.717, 1.165) is 12.2 Å². The van der Waals surface area contributed by atoms with Gasteiger partial charge in [-0.2, -0.15) is 16.9 Å². The molecule has 0 radical (unpaired) electrons. The van der Waals surface area contributed by atoms with Crippen LogP contribution in [0.25, 0.3) is 0 Å². The summed E-state index contributed by atoms with van der Waals surface area (Å²) >= 11 is 7.92. The van der Waals surface area contributed by atoms with Crippen LogP contribution in [0.1, 0.15) is 32.6 Å². The van der Waals surface area contributed by atoms with Gasteiger partial charge in [-0.15, -0.1) is 0 Å². The van der Waals surface area contributed by atoms with Crippen molar-refractivity contribution in [3.63, 3.8) is 0 Å². The zero-order valence-corrected chi connectivity index (χ0v) is 13.6. The quantitative estimate of drug-likeness (QED) is 0.839. The lowest BCUT2D eigenvalue weighted by atomic mass is 9.85. The highest BCUT2D eigenvalue weighted by Gasteiger charge is 2.20. The molecule has 0 saturated heterocycles.